The number of carbonyl (C=O) groups is 2. The number of carboxylic acids is 1. The van der Waals surface area contributed by atoms with Crippen LogP contribution in [0.25, 0.3) is 0 Å². The first-order chi connectivity index (χ1) is 7.43. The maximum absolute atomic E-state index is 10.9. The number of rotatable bonds is 4. The van der Waals surface area contributed by atoms with Gasteiger partial charge in [0.2, 0.25) is 5.91 Å². The number of nitrogens with zero attached hydrogens (tertiary/aromatic N) is 1. The van der Waals surface area contributed by atoms with Crippen molar-refractivity contribution in [3.8, 4) is 0 Å². The summed E-state index contributed by atoms with van der Waals surface area (Å²) in [4.78, 5) is 21.6. The summed E-state index contributed by atoms with van der Waals surface area (Å²) in [6.07, 6.45) is 0. The minimum atomic E-state index is -0.918. The molecule has 1 amide bonds. The number of aryl methyl sites for hydroxylation is 1. The minimum absolute atomic E-state index is 0.0825. The molecule has 0 atom stereocenters. The number of hydrogen-bond donors (Lipinski definition) is 2. The summed E-state index contributed by atoms with van der Waals surface area (Å²) in [5, 5.41) is 11.6. The third-order valence-corrected chi connectivity index (χ3v) is 2.51. The fraction of sp³-hybridized carbons (Fsp3) is 0.455. The Balaban J connectivity index is 2.80. The van der Waals surface area contributed by atoms with Crippen LogP contribution in [-0.4, -0.2) is 28.1 Å². The quantitative estimate of drug-likeness (QED) is 0.799. The van der Waals surface area contributed by atoms with Crippen molar-refractivity contribution in [2.45, 2.75) is 27.3 Å². The lowest BCUT2D eigenvalue weighted by molar-refractivity contribution is -0.118. The molecule has 2 N–H and O–H groups in total. The smallest absolute Gasteiger partial charge is 0.337 e. The zero-order valence-corrected chi connectivity index (χ0v) is 9.70. The number of nitrogens with one attached hydrogen (secondary N) is 1. The molecule has 1 aromatic rings. The van der Waals surface area contributed by atoms with Gasteiger partial charge in [-0.05, 0) is 19.9 Å². The molecule has 0 aliphatic carbocycles. The molecule has 1 aromatic heterocycles. The largest absolute Gasteiger partial charge is 0.478 e. The summed E-state index contributed by atoms with van der Waals surface area (Å²) in [7, 11) is 0. The molecule has 0 bridgehead atoms. The van der Waals surface area contributed by atoms with Crippen molar-refractivity contribution in [2.75, 3.05) is 6.54 Å². The molecule has 16 heavy (non-hydrogen) atoms. The van der Waals surface area contributed by atoms with Crippen molar-refractivity contribution in [2.24, 2.45) is 0 Å². The molecule has 0 spiro atoms. The van der Waals surface area contributed by atoms with Gasteiger partial charge in [0, 0.05) is 31.4 Å². The first-order valence-electron chi connectivity index (χ1n) is 5.08. The van der Waals surface area contributed by atoms with E-state index in [9.17, 15) is 9.59 Å². The molecule has 1 heterocycles. The van der Waals surface area contributed by atoms with Gasteiger partial charge in [-0.2, -0.15) is 0 Å². The summed E-state index contributed by atoms with van der Waals surface area (Å²) in [6.45, 7) is 6.17. The number of carboxylic acid groups (broad SMARTS) is 1. The number of amides is 1. The maximum Gasteiger partial charge on any atom is 0.337 e. The van der Waals surface area contributed by atoms with Crippen LogP contribution in [0.3, 0.4) is 0 Å². The Labute approximate surface area is 94.1 Å². The summed E-state index contributed by atoms with van der Waals surface area (Å²) in [6, 6.07) is 1.64. The van der Waals surface area contributed by atoms with Gasteiger partial charge in [0.1, 0.15) is 0 Å². The van der Waals surface area contributed by atoms with E-state index < -0.39 is 5.97 Å². The Morgan fingerprint density at radius 1 is 1.44 bits per heavy atom. The van der Waals surface area contributed by atoms with E-state index in [1.807, 2.05) is 11.5 Å². The molecule has 0 fully saturated rings. The monoisotopic (exact) mass is 224 g/mol. The lowest BCUT2D eigenvalue weighted by Crippen LogP contribution is -2.25. The second kappa shape index (κ2) is 4.83. The van der Waals surface area contributed by atoms with Crippen LogP contribution in [0.4, 0.5) is 0 Å². The highest BCUT2D eigenvalue weighted by Gasteiger charge is 2.13. The van der Waals surface area contributed by atoms with Crippen LogP contribution >= 0.6 is 0 Å². The van der Waals surface area contributed by atoms with E-state index in [0.29, 0.717) is 18.7 Å². The molecule has 88 valence electrons. The Hall–Kier alpha value is -1.78. The predicted octanol–water partition coefficient (Wildman–Crippen LogP) is 0.939. The predicted molar refractivity (Wildman–Crippen MR) is 59.5 cm³/mol. The summed E-state index contributed by atoms with van der Waals surface area (Å²) in [5.74, 6) is -1.00. The highest BCUT2D eigenvalue weighted by molar-refractivity contribution is 5.89. The van der Waals surface area contributed by atoms with Crippen LogP contribution in [0.1, 0.15) is 28.7 Å². The Morgan fingerprint density at radius 2 is 2.06 bits per heavy atom. The molecule has 0 aromatic carbocycles. The number of aromatic nitrogens is 1. The van der Waals surface area contributed by atoms with Crippen LogP contribution in [0.15, 0.2) is 6.07 Å². The number of hydrogen-bond acceptors (Lipinski definition) is 2. The standard InChI is InChI=1S/C11H16N2O3/c1-7-6-10(11(15)16)8(2)13(7)5-4-12-9(3)14/h6H,4-5H2,1-3H3,(H,12,14)(H,15,16). The second-order valence-electron chi connectivity index (χ2n) is 3.72. The number of carbonyl (C=O) groups excluding carboxylic acids is 1. The van der Waals surface area contributed by atoms with Crippen LogP contribution in [0, 0.1) is 13.8 Å². The second-order valence-corrected chi connectivity index (χ2v) is 3.72. The normalized spacial score (nSPS) is 10.2. The van der Waals surface area contributed by atoms with E-state index in [0.717, 1.165) is 11.4 Å². The van der Waals surface area contributed by atoms with Gasteiger partial charge in [0.25, 0.3) is 0 Å². The summed E-state index contributed by atoms with van der Waals surface area (Å²) < 4.78 is 1.89. The van der Waals surface area contributed by atoms with Gasteiger partial charge in [-0.1, -0.05) is 0 Å². The maximum atomic E-state index is 10.9. The molecule has 0 aliphatic rings. The Bertz CT molecular complexity index is 421. The molecule has 0 unspecified atom stereocenters. The zero-order valence-electron chi connectivity index (χ0n) is 9.70. The average Bonchev–Trinajstić information content (AvgIpc) is 2.44. The Morgan fingerprint density at radius 3 is 2.50 bits per heavy atom. The fourth-order valence-corrected chi connectivity index (χ4v) is 1.71. The number of aromatic carboxylic acids is 1. The minimum Gasteiger partial charge on any atom is -0.478 e. The van der Waals surface area contributed by atoms with E-state index in [-0.39, 0.29) is 5.91 Å². The molecule has 5 nitrogen and oxygen atoms in total. The van der Waals surface area contributed by atoms with Crippen LogP contribution in [-0.2, 0) is 11.3 Å². The van der Waals surface area contributed by atoms with Crippen molar-refractivity contribution < 1.29 is 14.7 Å². The molecule has 0 saturated carbocycles. The molecular formula is C11H16N2O3. The van der Waals surface area contributed by atoms with Crippen molar-refractivity contribution in [1.29, 1.82) is 0 Å². The first-order valence-corrected chi connectivity index (χ1v) is 5.08. The average molecular weight is 224 g/mol. The van der Waals surface area contributed by atoms with E-state index in [1.165, 1.54) is 6.92 Å². The van der Waals surface area contributed by atoms with Gasteiger partial charge in [0.15, 0.2) is 0 Å². The highest BCUT2D eigenvalue weighted by Crippen LogP contribution is 2.14. The lowest BCUT2D eigenvalue weighted by Gasteiger charge is -2.09. The SMILES string of the molecule is CC(=O)NCCn1c(C)cc(C(=O)O)c1C. The van der Waals surface area contributed by atoms with Crippen molar-refractivity contribution in [3.05, 3.63) is 23.0 Å². The molecule has 0 aliphatic heterocycles. The van der Waals surface area contributed by atoms with Crippen LogP contribution in [0.5, 0.6) is 0 Å². The van der Waals surface area contributed by atoms with Gasteiger partial charge in [0.05, 0.1) is 5.56 Å². The van der Waals surface area contributed by atoms with Gasteiger partial charge < -0.3 is 15.0 Å². The van der Waals surface area contributed by atoms with E-state index in [2.05, 4.69) is 5.32 Å². The fourth-order valence-electron chi connectivity index (χ4n) is 1.71. The third kappa shape index (κ3) is 2.62. The molecule has 0 saturated heterocycles. The molecule has 0 radical (unpaired) electrons. The van der Waals surface area contributed by atoms with Crippen LogP contribution in [0.2, 0.25) is 0 Å². The molecule has 1 rings (SSSR count). The highest BCUT2D eigenvalue weighted by atomic mass is 16.4. The van der Waals surface area contributed by atoms with Gasteiger partial charge >= 0.3 is 5.97 Å². The van der Waals surface area contributed by atoms with Gasteiger partial charge in [-0.25, -0.2) is 4.79 Å². The van der Waals surface area contributed by atoms with Crippen molar-refractivity contribution in [1.82, 2.24) is 9.88 Å². The van der Waals surface area contributed by atoms with Crippen LogP contribution < -0.4 is 5.32 Å². The van der Waals surface area contributed by atoms with Crippen molar-refractivity contribution >= 4 is 11.9 Å². The first kappa shape index (κ1) is 12.3. The molecular weight excluding hydrogens is 208 g/mol. The summed E-state index contributed by atoms with van der Waals surface area (Å²) in [5.41, 5.74) is 1.93. The summed E-state index contributed by atoms with van der Waals surface area (Å²) >= 11 is 0. The third-order valence-electron chi connectivity index (χ3n) is 2.51. The van der Waals surface area contributed by atoms with Gasteiger partial charge in [-0.15, -0.1) is 0 Å². The van der Waals surface area contributed by atoms with Crippen molar-refractivity contribution in [3.63, 3.8) is 0 Å². The Kier molecular flexibility index (Phi) is 3.71. The van der Waals surface area contributed by atoms with E-state index in [4.69, 9.17) is 5.11 Å². The van der Waals surface area contributed by atoms with Gasteiger partial charge in [-0.3, -0.25) is 4.79 Å². The van der Waals surface area contributed by atoms with E-state index in [1.54, 1.807) is 13.0 Å². The van der Waals surface area contributed by atoms with E-state index >= 15 is 0 Å². The molecule has 5 heteroatoms. The zero-order chi connectivity index (χ0) is 12.3. The lowest BCUT2D eigenvalue weighted by atomic mass is 10.2. The topological polar surface area (TPSA) is 71.3 Å².